The summed E-state index contributed by atoms with van der Waals surface area (Å²) in [6.07, 6.45) is 4.72. The van der Waals surface area contributed by atoms with Gasteiger partial charge in [0.2, 0.25) is 5.91 Å². The van der Waals surface area contributed by atoms with E-state index in [2.05, 4.69) is 5.32 Å². The van der Waals surface area contributed by atoms with Crippen LogP contribution in [0.5, 0.6) is 11.5 Å². The zero-order valence-corrected chi connectivity index (χ0v) is 16.7. The molecule has 0 aliphatic carbocycles. The number of hydrogen-bond donors (Lipinski definition) is 1. The first-order valence-electron chi connectivity index (χ1n) is 9.58. The van der Waals surface area contributed by atoms with Crippen LogP contribution in [0.2, 0.25) is 0 Å². The van der Waals surface area contributed by atoms with Crippen LogP contribution in [0.3, 0.4) is 0 Å². The number of rotatable bonds is 7. The third-order valence-corrected chi connectivity index (χ3v) is 5.36. The Morgan fingerprint density at radius 2 is 1.86 bits per heavy atom. The third kappa shape index (κ3) is 5.15. The van der Waals surface area contributed by atoms with Crippen LogP contribution >= 0.6 is 0 Å². The quantitative estimate of drug-likeness (QED) is 0.721. The van der Waals surface area contributed by atoms with Crippen molar-refractivity contribution in [1.29, 1.82) is 0 Å². The van der Waals surface area contributed by atoms with E-state index in [1.54, 1.807) is 50.6 Å². The first kappa shape index (κ1) is 20.9. The molecule has 6 heteroatoms. The molecule has 0 radical (unpaired) electrons. The molecule has 1 fully saturated rings. The molecule has 0 bridgehead atoms. The Morgan fingerprint density at radius 3 is 2.52 bits per heavy atom. The van der Waals surface area contributed by atoms with Crippen molar-refractivity contribution in [1.82, 2.24) is 5.32 Å². The fourth-order valence-corrected chi connectivity index (χ4v) is 3.58. The SMILES string of the molecule is COc1ccc(OC)c(C=CC(=O)NCC2(c3ccc(F)cc3)CCOCC2)c1. The normalized spacial score (nSPS) is 15.8. The number of carbonyl (C=O) groups is 1. The molecular formula is C23H26FNO4. The summed E-state index contributed by atoms with van der Waals surface area (Å²) in [5.41, 5.74) is 1.51. The van der Waals surface area contributed by atoms with Crippen molar-refractivity contribution < 1.29 is 23.4 Å². The molecule has 0 saturated carbocycles. The summed E-state index contributed by atoms with van der Waals surface area (Å²) in [6.45, 7) is 1.69. The molecule has 1 saturated heterocycles. The number of amides is 1. The number of methoxy groups -OCH3 is 2. The second-order valence-electron chi connectivity index (χ2n) is 7.06. The molecular weight excluding hydrogens is 373 g/mol. The number of nitrogens with one attached hydrogen (secondary N) is 1. The predicted octanol–water partition coefficient (Wildman–Crippen LogP) is 3.72. The zero-order valence-electron chi connectivity index (χ0n) is 16.7. The van der Waals surface area contributed by atoms with Crippen LogP contribution in [0, 0.1) is 5.82 Å². The van der Waals surface area contributed by atoms with Gasteiger partial charge in [-0.15, -0.1) is 0 Å². The Balaban J connectivity index is 1.71. The van der Waals surface area contributed by atoms with Gasteiger partial charge in [0.1, 0.15) is 17.3 Å². The summed E-state index contributed by atoms with van der Waals surface area (Å²) in [7, 11) is 3.17. The molecule has 0 aromatic heterocycles. The van der Waals surface area contributed by atoms with E-state index < -0.39 is 0 Å². The monoisotopic (exact) mass is 399 g/mol. The van der Waals surface area contributed by atoms with Crippen molar-refractivity contribution in [2.75, 3.05) is 34.0 Å². The first-order chi connectivity index (χ1) is 14.1. The Labute approximate surface area is 170 Å². The van der Waals surface area contributed by atoms with Gasteiger partial charge in [0.05, 0.1) is 14.2 Å². The minimum atomic E-state index is -0.268. The Bertz CT molecular complexity index is 858. The van der Waals surface area contributed by atoms with Crippen molar-refractivity contribution >= 4 is 12.0 Å². The maximum absolute atomic E-state index is 13.3. The first-order valence-corrected chi connectivity index (χ1v) is 9.58. The summed E-state index contributed by atoms with van der Waals surface area (Å²) in [5.74, 6) is 0.864. The van der Waals surface area contributed by atoms with Crippen LogP contribution in [-0.2, 0) is 14.9 Å². The number of benzene rings is 2. The van der Waals surface area contributed by atoms with E-state index in [1.165, 1.54) is 18.2 Å². The lowest BCUT2D eigenvalue weighted by Gasteiger charge is -2.37. The van der Waals surface area contributed by atoms with E-state index in [0.717, 1.165) is 24.0 Å². The highest BCUT2D eigenvalue weighted by atomic mass is 19.1. The predicted molar refractivity (Wildman–Crippen MR) is 110 cm³/mol. The van der Waals surface area contributed by atoms with Crippen molar-refractivity contribution in [2.24, 2.45) is 0 Å². The number of carbonyl (C=O) groups excluding carboxylic acids is 1. The molecule has 29 heavy (non-hydrogen) atoms. The fraction of sp³-hybridized carbons (Fsp3) is 0.348. The molecule has 2 aromatic carbocycles. The minimum absolute atomic E-state index is 0.206. The lowest BCUT2D eigenvalue weighted by molar-refractivity contribution is -0.116. The molecule has 1 aliphatic heterocycles. The van der Waals surface area contributed by atoms with Crippen molar-refractivity contribution in [3.63, 3.8) is 0 Å². The van der Waals surface area contributed by atoms with Gasteiger partial charge in [0.15, 0.2) is 0 Å². The Morgan fingerprint density at radius 1 is 1.14 bits per heavy atom. The van der Waals surface area contributed by atoms with Gasteiger partial charge >= 0.3 is 0 Å². The van der Waals surface area contributed by atoms with Crippen molar-refractivity contribution in [3.8, 4) is 11.5 Å². The average Bonchev–Trinajstić information content (AvgIpc) is 2.77. The van der Waals surface area contributed by atoms with Crippen LogP contribution in [-0.4, -0.2) is 39.9 Å². The third-order valence-electron chi connectivity index (χ3n) is 5.36. The van der Waals surface area contributed by atoms with Gasteiger partial charge in [-0.25, -0.2) is 4.39 Å². The molecule has 3 rings (SSSR count). The fourth-order valence-electron chi connectivity index (χ4n) is 3.58. The highest BCUT2D eigenvalue weighted by molar-refractivity contribution is 5.92. The lowest BCUT2D eigenvalue weighted by atomic mass is 9.74. The molecule has 0 spiro atoms. The van der Waals surface area contributed by atoms with Crippen molar-refractivity contribution in [2.45, 2.75) is 18.3 Å². The second-order valence-corrected chi connectivity index (χ2v) is 7.06. The van der Waals surface area contributed by atoms with E-state index in [4.69, 9.17) is 14.2 Å². The van der Waals surface area contributed by atoms with Crippen LogP contribution < -0.4 is 14.8 Å². The maximum atomic E-state index is 13.3. The zero-order chi connectivity index (χ0) is 20.7. The molecule has 2 aromatic rings. The smallest absolute Gasteiger partial charge is 0.244 e. The number of ether oxygens (including phenoxy) is 3. The lowest BCUT2D eigenvalue weighted by Crippen LogP contribution is -2.44. The minimum Gasteiger partial charge on any atom is -0.497 e. The van der Waals surface area contributed by atoms with Crippen LogP contribution in [0.25, 0.3) is 6.08 Å². The van der Waals surface area contributed by atoms with Gasteiger partial charge in [-0.1, -0.05) is 12.1 Å². The van der Waals surface area contributed by atoms with Gasteiger partial charge in [0, 0.05) is 36.8 Å². The summed E-state index contributed by atoms with van der Waals surface area (Å²) < 4.78 is 29.4. The van der Waals surface area contributed by atoms with Gasteiger partial charge in [-0.3, -0.25) is 4.79 Å². The van der Waals surface area contributed by atoms with Crippen LogP contribution in [0.1, 0.15) is 24.0 Å². The summed E-state index contributed by atoms with van der Waals surface area (Å²) in [4.78, 5) is 12.5. The Hall–Kier alpha value is -2.86. The average molecular weight is 399 g/mol. The molecule has 1 heterocycles. The molecule has 154 valence electrons. The van der Waals surface area contributed by atoms with E-state index in [1.807, 2.05) is 0 Å². The van der Waals surface area contributed by atoms with Crippen molar-refractivity contribution in [3.05, 3.63) is 65.5 Å². The largest absolute Gasteiger partial charge is 0.497 e. The van der Waals surface area contributed by atoms with Crippen LogP contribution in [0.15, 0.2) is 48.5 Å². The maximum Gasteiger partial charge on any atom is 0.244 e. The van der Waals surface area contributed by atoms with Gasteiger partial charge in [-0.2, -0.15) is 0 Å². The number of hydrogen-bond acceptors (Lipinski definition) is 4. The highest BCUT2D eigenvalue weighted by Gasteiger charge is 2.34. The molecule has 0 unspecified atom stereocenters. The number of halogens is 1. The van der Waals surface area contributed by atoms with E-state index >= 15 is 0 Å². The van der Waals surface area contributed by atoms with Crippen LogP contribution in [0.4, 0.5) is 4.39 Å². The summed E-state index contributed by atoms with van der Waals surface area (Å²) in [5, 5.41) is 3.00. The van der Waals surface area contributed by atoms with Gasteiger partial charge < -0.3 is 19.5 Å². The van der Waals surface area contributed by atoms with Gasteiger partial charge in [-0.05, 0) is 54.8 Å². The standard InChI is InChI=1S/C23H26FNO4/c1-27-20-8-9-21(28-2)17(15-20)3-10-22(26)25-16-23(11-13-29-14-12-23)18-4-6-19(24)7-5-18/h3-10,15H,11-14,16H2,1-2H3,(H,25,26). The highest BCUT2D eigenvalue weighted by Crippen LogP contribution is 2.34. The van der Waals surface area contributed by atoms with Gasteiger partial charge in [0.25, 0.3) is 0 Å². The summed E-state index contributed by atoms with van der Waals surface area (Å²) >= 11 is 0. The second kappa shape index (κ2) is 9.56. The topological polar surface area (TPSA) is 56.8 Å². The molecule has 1 amide bonds. The molecule has 1 aliphatic rings. The van der Waals surface area contributed by atoms with E-state index in [9.17, 15) is 9.18 Å². The Kier molecular flexibility index (Phi) is 6.88. The summed E-state index contributed by atoms with van der Waals surface area (Å²) in [6, 6.07) is 11.9. The van der Waals surface area contributed by atoms with E-state index in [0.29, 0.717) is 31.3 Å². The molecule has 5 nitrogen and oxygen atoms in total. The van der Waals surface area contributed by atoms with E-state index in [-0.39, 0.29) is 17.1 Å². The molecule has 1 N–H and O–H groups in total. The molecule has 0 atom stereocenters.